The topological polar surface area (TPSA) is 26.3 Å². The average Bonchev–Trinajstić information content (AvgIpc) is 3.05. The Balaban J connectivity index is 1.89. The van der Waals surface area contributed by atoms with Gasteiger partial charge in [-0.3, -0.25) is 4.79 Å². The maximum atomic E-state index is 11.2. The minimum absolute atomic E-state index is 0.0129. The van der Waals surface area contributed by atoms with Crippen LogP contribution in [0.2, 0.25) is 0 Å². The molecule has 1 aliphatic rings. The van der Waals surface area contributed by atoms with Crippen molar-refractivity contribution in [2.45, 2.75) is 71.6 Å². The number of unbranched alkanes of at least 4 members (excludes halogenated alkanes) is 4. The van der Waals surface area contributed by atoms with Crippen LogP contribution in [0.25, 0.3) is 0 Å². The first kappa shape index (κ1) is 14.5. The summed E-state index contributed by atoms with van der Waals surface area (Å²) in [7, 11) is 0. The van der Waals surface area contributed by atoms with Gasteiger partial charge in [-0.05, 0) is 31.6 Å². The molecule has 0 saturated heterocycles. The molecule has 0 heterocycles. The zero-order valence-electron chi connectivity index (χ0n) is 11.5. The molecule has 0 aliphatic heterocycles. The number of carbonyl (C=O) groups excluding carboxylic acids is 1. The van der Waals surface area contributed by atoms with Crippen molar-refractivity contribution in [2.75, 3.05) is 6.61 Å². The van der Waals surface area contributed by atoms with Crippen LogP contribution < -0.4 is 0 Å². The molecule has 0 N–H and O–H groups in total. The fourth-order valence-corrected chi connectivity index (χ4v) is 2.56. The first-order valence-corrected chi connectivity index (χ1v) is 7.43. The summed E-state index contributed by atoms with van der Waals surface area (Å²) in [4.78, 5) is 11.2. The quantitative estimate of drug-likeness (QED) is 0.420. The van der Waals surface area contributed by atoms with Crippen LogP contribution in [0, 0.1) is 11.8 Å². The second-order valence-corrected chi connectivity index (χ2v) is 5.30. The summed E-state index contributed by atoms with van der Waals surface area (Å²) in [6.45, 7) is 4.64. The van der Waals surface area contributed by atoms with Crippen LogP contribution in [0.4, 0.5) is 0 Å². The van der Waals surface area contributed by atoms with Crippen LogP contribution in [0.1, 0.15) is 71.6 Å². The molecule has 1 rings (SSSR count). The summed E-state index contributed by atoms with van der Waals surface area (Å²) in [5, 5.41) is 0. The van der Waals surface area contributed by atoms with E-state index in [1.54, 1.807) is 0 Å². The Bertz CT molecular complexity index is 213. The molecule has 2 atom stereocenters. The molecule has 100 valence electrons. The molecule has 0 spiro atoms. The highest BCUT2D eigenvalue weighted by atomic mass is 16.5. The van der Waals surface area contributed by atoms with Gasteiger partial charge in [-0.15, -0.1) is 0 Å². The predicted molar refractivity (Wildman–Crippen MR) is 70.8 cm³/mol. The van der Waals surface area contributed by atoms with E-state index in [2.05, 4.69) is 6.92 Å². The Morgan fingerprint density at radius 1 is 1.06 bits per heavy atom. The summed E-state index contributed by atoms with van der Waals surface area (Å²) in [5.74, 6) is 1.73. The van der Waals surface area contributed by atoms with Gasteiger partial charge in [0.25, 0.3) is 0 Å². The summed E-state index contributed by atoms with van der Waals surface area (Å²) in [6, 6.07) is 0. The van der Waals surface area contributed by atoms with E-state index < -0.39 is 0 Å². The SMILES string of the molecule is CCCCCCC[C@@H]1C[C@H]1CCC(=O)OCC. The molecule has 0 unspecified atom stereocenters. The molecular formula is C15H28O2. The lowest BCUT2D eigenvalue weighted by atomic mass is 10.1. The van der Waals surface area contributed by atoms with Gasteiger partial charge in [0.15, 0.2) is 0 Å². The van der Waals surface area contributed by atoms with Gasteiger partial charge in [-0.2, -0.15) is 0 Å². The average molecular weight is 240 g/mol. The van der Waals surface area contributed by atoms with Gasteiger partial charge >= 0.3 is 5.97 Å². The molecule has 1 fully saturated rings. The molecule has 0 aromatic heterocycles. The van der Waals surface area contributed by atoms with Crippen LogP contribution in [-0.4, -0.2) is 12.6 Å². The summed E-state index contributed by atoms with van der Waals surface area (Å²) in [5.41, 5.74) is 0. The van der Waals surface area contributed by atoms with Crippen molar-refractivity contribution in [3.05, 3.63) is 0 Å². The zero-order valence-corrected chi connectivity index (χ0v) is 11.5. The fourth-order valence-electron chi connectivity index (χ4n) is 2.56. The van der Waals surface area contributed by atoms with Crippen molar-refractivity contribution in [1.82, 2.24) is 0 Å². The minimum Gasteiger partial charge on any atom is -0.466 e. The van der Waals surface area contributed by atoms with Gasteiger partial charge in [0, 0.05) is 6.42 Å². The molecule has 0 amide bonds. The number of hydrogen-bond donors (Lipinski definition) is 0. The molecular weight excluding hydrogens is 212 g/mol. The highest BCUT2D eigenvalue weighted by Gasteiger charge is 2.35. The van der Waals surface area contributed by atoms with E-state index in [1.807, 2.05) is 6.92 Å². The van der Waals surface area contributed by atoms with E-state index in [0.717, 1.165) is 18.3 Å². The molecule has 2 nitrogen and oxygen atoms in total. The third-order valence-corrected chi connectivity index (χ3v) is 3.77. The van der Waals surface area contributed by atoms with Gasteiger partial charge in [0.1, 0.15) is 0 Å². The van der Waals surface area contributed by atoms with Crippen molar-refractivity contribution >= 4 is 5.97 Å². The number of rotatable bonds is 10. The van der Waals surface area contributed by atoms with E-state index in [9.17, 15) is 4.79 Å². The van der Waals surface area contributed by atoms with Crippen LogP contribution in [0.5, 0.6) is 0 Å². The number of hydrogen-bond acceptors (Lipinski definition) is 2. The molecule has 0 aromatic carbocycles. The second kappa shape index (κ2) is 8.54. The molecule has 0 radical (unpaired) electrons. The largest absolute Gasteiger partial charge is 0.466 e. The Kier molecular flexibility index (Phi) is 7.30. The third-order valence-electron chi connectivity index (χ3n) is 3.77. The summed E-state index contributed by atoms with van der Waals surface area (Å²) >= 11 is 0. The lowest BCUT2D eigenvalue weighted by molar-refractivity contribution is -0.143. The molecule has 2 heteroatoms. The first-order chi connectivity index (χ1) is 8.27. The standard InChI is InChI=1S/C15H28O2/c1-3-5-6-7-8-9-13-12-14(13)10-11-15(16)17-4-2/h13-14H,3-12H2,1-2H3/t13-,14-/m1/s1. The van der Waals surface area contributed by atoms with Gasteiger partial charge in [-0.1, -0.05) is 45.4 Å². The van der Waals surface area contributed by atoms with Crippen LogP contribution >= 0.6 is 0 Å². The summed E-state index contributed by atoms with van der Waals surface area (Å²) < 4.78 is 4.94. The first-order valence-electron chi connectivity index (χ1n) is 7.43. The smallest absolute Gasteiger partial charge is 0.305 e. The highest BCUT2D eigenvalue weighted by Crippen LogP contribution is 2.45. The number of carbonyl (C=O) groups is 1. The van der Waals surface area contributed by atoms with E-state index in [0.29, 0.717) is 13.0 Å². The molecule has 17 heavy (non-hydrogen) atoms. The monoisotopic (exact) mass is 240 g/mol. The molecule has 1 saturated carbocycles. The van der Waals surface area contributed by atoms with E-state index in [4.69, 9.17) is 4.74 Å². The molecule has 0 bridgehead atoms. The van der Waals surface area contributed by atoms with Crippen molar-refractivity contribution < 1.29 is 9.53 Å². The minimum atomic E-state index is -0.0129. The molecule has 1 aliphatic carbocycles. The Morgan fingerprint density at radius 2 is 1.76 bits per heavy atom. The summed E-state index contributed by atoms with van der Waals surface area (Å²) in [6.07, 6.45) is 11.3. The van der Waals surface area contributed by atoms with E-state index in [-0.39, 0.29) is 5.97 Å². The van der Waals surface area contributed by atoms with Gasteiger partial charge in [-0.25, -0.2) is 0 Å². The highest BCUT2D eigenvalue weighted by molar-refractivity contribution is 5.69. The maximum absolute atomic E-state index is 11.2. The normalized spacial score (nSPS) is 22.5. The lowest BCUT2D eigenvalue weighted by Gasteiger charge is -2.02. The van der Waals surface area contributed by atoms with Crippen LogP contribution in [0.15, 0.2) is 0 Å². The Morgan fingerprint density at radius 3 is 2.47 bits per heavy atom. The fraction of sp³-hybridized carbons (Fsp3) is 0.933. The van der Waals surface area contributed by atoms with Gasteiger partial charge < -0.3 is 4.74 Å². The zero-order chi connectivity index (χ0) is 12.5. The Hall–Kier alpha value is -0.530. The third kappa shape index (κ3) is 6.70. The predicted octanol–water partition coefficient (Wildman–Crippen LogP) is 4.33. The van der Waals surface area contributed by atoms with Crippen molar-refractivity contribution in [3.63, 3.8) is 0 Å². The van der Waals surface area contributed by atoms with Gasteiger partial charge in [0.05, 0.1) is 6.61 Å². The van der Waals surface area contributed by atoms with Crippen molar-refractivity contribution in [3.8, 4) is 0 Å². The second-order valence-electron chi connectivity index (χ2n) is 5.30. The number of esters is 1. The van der Waals surface area contributed by atoms with Crippen molar-refractivity contribution in [2.24, 2.45) is 11.8 Å². The molecule has 0 aromatic rings. The van der Waals surface area contributed by atoms with E-state index in [1.165, 1.54) is 44.9 Å². The number of ether oxygens (including phenoxy) is 1. The maximum Gasteiger partial charge on any atom is 0.305 e. The van der Waals surface area contributed by atoms with E-state index >= 15 is 0 Å². The lowest BCUT2D eigenvalue weighted by Crippen LogP contribution is -2.03. The van der Waals surface area contributed by atoms with Crippen LogP contribution in [-0.2, 0) is 9.53 Å². The van der Waals surface area contributed by atoms with Gasteiger partial charge in [0.2, 0.25) is 0 Å². The Labute approximate surface area is 106 Å². The van der Waals surface area contributed by atoms with Crippen LogP contribution in [0.3, 0.4) is 0 Å². The van der Waals surface area contributed by atoms with Crippen molar-refractivity contribution in [1.29, 1.82) is 0 Å².